The Morgan fingerprint density at radius 1 is 1.22 bits per heavy atom. The Balaban J connectivity index is 1.79. The Morgan fingerprint density at radius 2 is 1.91 bits per heavy atom. The highest BCUT2D eigenvalue weighted by Gasteiger charge is 2.15. The third-order valence-corrected chi connectivity index (χ3v) is 3.00. The smallest absolute Gasteiger partial charge is 0.412 e. The van der Waals surface area contributed by atoms with E-state index in [0.29, 0.717) is 5.69 Å². The third-order valence-electron chi connectivity index (χ3n) is 3.00. The monoisotopic (exact) mass is 316 g/mol. The van der Waals surface area contributed by atoms with Crippen LogP contribution in [-0.4, -0.2) is 21.7 Å². The number of H-pyrrole nitrogens is 1. The lowest BCUT2D eigenvalue weighted by molar-refractivity contribution is 0.0636. The van der Waals surface area contributed by atoms with Crippen molar-refractivity contribution >= 4 is 11.8 Å². The second-order valence-electron chi connectivity index (χ2n) is 6.42. The van der Waals surface area contributed by atoms with Crippen LogP contribution in [0.15, 0.2) is 30.5 Å². The van der Waals surface area contributed by atoms with Crippen LogP contribution in [0.4, 0.5) is 10.5 Å². The van der Waals surface area contributed by atoms with Gasteiger partial charge in [-0.1, -0.05) is 12.1 Å². The minimum Gasteiger partial charge on any atom is -0.444 e. The molecule has 0 fully saturated rings. The molecule has 0 saturated carbocycles. The number of rotatable bonds is 5. The van der Waals surface area contributed by atoms with Gasteiger partial charge in [0.05, 0.1) is 0 Å². The number of carbonyl (C=O) groups excluding carboxylic acids is 1. The lowest BCUT2D eigenvalue weighted by Gasteiger charge is -2.19. The zero-order valence-electron chi connectivity index (χ0n) is 14.1. The third kappa shape index (κ3) is 6.12. The molecule has 0 aliphatic carbocycles. The summed E-state index contributed by atoms with van der Waals surface area (Å²) in [4.78, 5) is 19.0. The number of nitrogens with zero attached hydrogens (tertiary/aromatic N) is 1. The highest BCUT2D eigenvalue weighted by Crippen LogP contribution is 2.13. The number of imidazole rings is 1. The summed E-state index contributed by atoms with van der Waals surface area (Å²) in [5.74, 6) is 0.916. The first-order valence-electron chi connectivity index (χ1n) is 7.62. The molecule has 0 spiro atoms. The molecule has 23 heavy (non-hydrogen) atoms. The molecule has 0 atom stereocenters. The normalized spacial score (nSPS) is 11.3. The number of benzene rings is 1. The Kier molecular flexibility index (Phi) is 5.39. The van der Waals surface area contributed by atoms with Gasteiger partial charge in [-0.3, -0.25) is 5.32 Å². The predicted octanol–water partition coefficient (Wildman–Crippen LogP) is 3.35. The highest BCUT2D eigenvalue weighted by molar-refractivity contribution is 5.84. The van der Waals surface area contributed by atoms with Crippen molar-refractivity contribution in [3.8, 4) is 0 Å². The molecule has 3 N–H and O–H groups in total. The maximum atomic E-state index is 11.7. The molecule has 1 heterocycles. The summed E-state index contributed by atoms with van der Waals surface area (Å²) in [6.07, 6.45) is 1.38. The molecule has 6 heteroatoms. The maximum Gasteiger partial charge on any atom is 0.412 e. The average molecular weight is 316 g/mol. The van der Waals surface area contributed by atoms with Gasteiger partial charge in [0, 0.05) is 30.7 Å². The summed E-state index contributed by atoms with van der Waals surface area (Å²) in [5, 5.41) is 6.05. The van der Waals surface area contributed by atoms with E-state index in [2.05, 4.69) is 20.6 Å². The first kappa shape index (κ1) is 17.0. The summed E-state index contributed by atoms with van der Waals surface area (Å²) in [6.45, 7) is 8.91. The molecule has 2 rings (SSSR count). The Bertz CT molecular complexity index is 641. The van der Waals surface area contributed by atoms with Crippen molar-refractivity contribution in [3.63, 3.8) is 0 Å². The topological polar surface area (TPSA) is 79.0 Å². The van der Waals surface area contributed by atoms with Gasteiger partial charge in [0.2, 0.25) is 0 Å². The molecule has 124 valence electrons. The lowest BCUT2D eigenvalue weighted by atomic mass is 10.2. The van der Waals surface area contributed by atoms with Crippen LogP contribution in [0, 0.1) is 6.92 Å². The number of ether oxygens (including phenoxy) is 1. The number of nitrogens with one attached hydrogen (secondary N) is 3. The Labute approximate surface area is 136 Å². The minimum atomic E-state index is -0.501. The Hall–Kier alpha value is -2.34. The second-order valence-corrected chi connectivity index (χ2v) is 6.42. The van der Waals surface area contributed by atoms with Gasteiger partial charge in [-0.25, -0.2) is 9.78 Å². The zero-order chi connectivity index (χ0) is 16.9. The fourth-order valence-corrected chi connectivity index (χ4v) is 2.03. The summed E-state index contributed by atoms with van der Waals surface area (Å²) in [5.41, 5.74) is 2.41. The molecule has 1 amide bonds. The first-order valence-corrected chi connectivity index (χ1v) is 7.62. The van der Waals surface area contributed by atoms with Gasteiger partial charge in [-0.2, -0.15) is 0 Å². The van der Waals surface area contributed by atoms with Crippen LogP contribution in [-0.2, 0) is 17.8 Å². The molecule has 0 radical (unpaired) electrons. The van der Waals surface area contributed by atoms with E-state index < -0.39 is 11.7 Å². The van der Waals surface area contributed by atoms with Crippen molar-refractivity contribution in [3.05, 3.63) is 47.5 Å². The van der Waals surface area contributed by atoms with Crippen molar-refractivity contribution in [2.24, 2.45) is 0 Å². The standard InChI is InChI=1S/C17H24N4O2/c1-12-19-11-15(20-12)10-18-9-13-5-7-14(8-6-13)21-16(22)23-17(2,3)4/h5-8,11,18H,9-10H2,1-4H3,(H,19,20)(H,21,22). The maximum absolute atomic E-state index is 11.7. The number of hydrogen-bond donors (Lipinski definition) is 3. The van der Waals surface area contributed by atoms with Crippen LogP contribution in [0.5, 0.6) is 0 Å². The molecule has 0 bridgehead atoms. The summed E-state index contributed by atoms with van der Waals surface area (Å²) in [7, 11) is 0. The number of aromatic nitrogens is 2. The number of aryl methyl sites for hydroxylation is 1. The largest absolute Gasteiger partial charge is 0.444 e. The average Bonchev–Trinajstić information content (AvgIpc) is 2.84. The first-order chi connectivity index (χ1) is 10.8. The van der Waals surface area contributed by atoms with Crippen LogP contribution in [0.2, 0.25) is 0 Å². The van der Waals surface area contributed by atoms with Crippen LogP contribution < -0.4 is 10.6 Å². The molecule has 1 aromatic carbocycles. The SMILES string of the molecule is Cc1ncc(CNCc2ccc(NC(=O)OC(C)(C)C)cc2)[nH]1. The van der Waals surface area contributed by atoms with E-state index in [1.54, 1.807) is 0 Å². The minimum absolute atomic E-state index is 0.446. The van der Waals surface area contributed by atoms with Gasteiger partial charge in [0.25, 0.3) is 0 Å². The van der Waals surface area contributed by atoms with Crippen LogP contribution in [0.25, 0.3) is 0 Å². The molecule has 0 aliphatic rings. The fourth-order valence-electron chi connectivity index (χ4n) is 2.03. The van der Waals surface area contributed by atoms with E-state index in [-0.39, 0.29) is 0 Å². The number of hydrogen-bond acceptors (Lipinski definition) is 4. The highest BCUT2D eigenvalue weighted by atomic mass is 16.6. The number of anilines is 1. The van der Waals surface area contributed by atoms with Crippen molar-refractivity contribution in [1.29, 1.82) is 0 Å². The molecule has 2 aromatic rings. The Morgan fingerprint density at radius 3 is 2.48 bits per heavy atom. The van der Waals surface area contributed by atoms with Gasteiger partial charge in [0.15, 0.2) is 0 Å². The van der Waals surface area contributed by atoms with Crippen molar-refractivity contribution in [2.45, 2.75) is 46.4 Å². The summed E-state index contributed by atoms with van der Waals surface area (Å²) in [6, 6.07) is 7.67. The number of carbonyl (C=O) groups is 1. The van der Waals surface area contributed by atoms with Gasteiger partial charge in [0.1, 0.15) is 11.4 Å². The second kappa shape index (κ2) is 7.28. The van der Waals surface area contributed by atoms with Gasteiger partial charge in [-0.15, -0.1) is 0 Å². The van der Waals surface area contributed by atoms with E-state index in [4.69, 9.17) is 4.74 Å². The van der Waals surface area contributed by atoms with E-state index >= 15 is 0 Å². The van der Waals surface area contributed by atoms with E-state index in [9.17, 15) is 4.79 Å². The van der Waals surface area contributed by atoms with E-state index in [1.807, 2.05) is 58.2 Å². The van der Waals surface area contributed by atoms with Gasteiger partial charge < -0.3 is 15.0 Å². The molecule has 1 aromatic heterocycles. The molecule has 0 unspecified atom stereocenters. The van der Waals surface area contributed by atoms with Crippen molar-refractivity contribution in [2.75, 3.05) is 5.32 Å². The van der Waals surface area contributed by atoms with Crippen LogP contribution in [0.3, 0.4) is 0 Å². The van der Waals surface area contributed by atoms with E-state index in [1.165, 1.54) is 0 Å². The van der Waals surface area contributed by atoms with Gasteiger partial charge in [-0.05, 0) is 45.4 Å². The molecule has 0 saturated heterocycles. The van der Waals surface area contributed by atoms with Crippen LogP contribution in [0.1, 0.15) is 37.9 Å². The lowest BCUT2D eigenvalue weighted by Crippen LogP contribution is -2.27. The zero-order valence-corrected chi connectivity index (χ0v) is 14.1. The summed E-state index contributed by atoms with van der Waals surface area (Å²) >= 11 is 0. The molecule has 6 nitrogen and oxygen atoms in total. The van der Waals surface area contributed by atoms with Crippen LogP contribution >= 0.6 is 0 Å². The quantitative estimate of drug-likeness (QED) is 0.790. The molecular formula is C17H24N4O2. The molecule has 0 aliphatic heterocycles. The number of amides is 1. The predicted molar refractivity (Wildman–Crippen MR) is 90.2 cm³/mol. The number of aromatic amines is 1. The summed E-state index contributed by atoms with van der Waals surface area (Å²) < 4.78 is 5.22. The molecular weight excluding hydrogens is 292 g/mol. The van der Waals surface area contributed by atoms with Gasteiger partial charge >= 0.3 is 6.09 Å². The van der Waals surface area contributed by atoms with Crippen molar-refractivity contribution < 1.29 is 9.53 Å². The fraction of sp³-hybridized carbons (Fsp3) is 0.412. The van der Waals surface area contributed by atoms with Crippen molar-refractivity contribution in [1.82, 2.24) is 15.3 Å². The van der Waals surface area contributed by atoms with E-state index in [0.717, 1.165) is 30.2 Å².